The normalized spacial score (nSPS) is 13.6. The highest BCUT2D eigenvalue weighted by molar-refractivity contribution is 5.83. The first-order valence-corrected chi connectivity index (χ1v) is 18.8. The van der Waals surface area contributed by atoms with E-state index in [2.05, 4.69) is 67.8 Å². The number of allylic oxidation sites excluding steroid dienone is 10. The summed E-state index contributed by atoms with van der Waals surface area (Å²) in [5, 5.41) is 11.8. The molecule has 48 heavy (non-hydrogen) atoms. The van der Waals surface area contributed by atoms with E-state index in [1.165, 1.54) is 25.7 Å². The van der Waals surface area contributed by atoms with E-state index in [4.69, 9.17) is 10.5 Å². The van der Waals surface area contributed by atoms with Gasteiger partial charge in [0.25, 0.3) is 0 Å². The van der Waals surface area contributed by atoms with Crippen molar-refractivity contribution in [2.24, 2.45) is 5.73 Å². The molecule has 0 aliphatic rings. The zero-order valence-electron chi connectivity index (χ0n) is 30.3. The molecule has 0 saturated heterocycles. The molecule has 0 saturated carbocycles. The molecule has 0 fully saturated rings. The van der Waals surface area contributed by atoms with Crippen LogP contribution in [0.4, 0.5) is 0 Å². The number of aliphatic carboxylic acids is 1. The van der Waals surface area contributed by atoms with Gasteiger partial charge >= 0.3 is 11.9 Å². The predicted octanol–water partition coefficient (Wildman–Crippen LogP) is 10.00. The van der Waals surface area contributed by atoms with Crippen molar-refractivity contribution in [2.45, 2.75) is 161 Å². The second kappa shape index (κ2) is 35.1. The molecule has 0 aromatic rings. The predicted molar refractivity (Wildman–Crippen MR) is 202 cm³/mol. The van der Waals surface area contributed by atoms with Crippen LogP contribution in [0.5, 0.6) is 0 Å². The van der Waals surface area contributed by atoms with Gasteiger partial charge in [-0.3, -0.25) is 9.59 Å². The number of nitrogens with two attached hydrogens (primary N) is 1. The van der Waals surface area contributed by atoms with Crippen molar-refractivity contribution in [1.82, 2.24) is 5.32 Å². The number of unbranched alkanes of at least 4 members (excludes halogenated alkanes) is 10. The van der Waals surface area contributed by atoms with Crippen molar-refractivity contribution >= 4 is 17.8 Å². The maximum absolute atomic E-state index is 12.6. The molecule has 2 unspecified atom stereocenters. The molecule has 0 aromatic heterocycles. The highest BCUT2D eigenvalue weighted by atomic mass is 16.5. The Morgan fingerprint density at radius 1 is 0.625 bits per heavy atom. The first-order chi connectivity index (χ1) is 23.4. The Morgan fingerprint density at radius 2 is 1.12 bits per heavy atom. The quantitative estimate of drug-likeness (QED) is 0.0373. The highest BCUT2D eigenvalue weighted by Crippen LogP contribution is 2.12. The summed E-state index contributed by atoms with van der Waals surface area (Å²) in [7, 11) is 0. The molecule has 0 rings (SSSR count). The van der Waals surface area contributed by atoms with Gasteiger partial charge in [0.1, 0.15) is 12.1 Å². The number of nitrogens with one attached hydrogen (secondary N) is 1. The van der Waals surface area contributed by atoms with Crippen molar-refractivity contribution in [2.75, 3.05) is 6.54 Å². The summed E-state index contributed by atoms with van der Waals surface area (Å²) < 4.78 is 5.77. The summed E-state index contributed by atoms with van der Waals surface area (Å²) in [4.78, 5) is 36.0. The van der Waals surface area contributed by atoms with Gasteiger partial charge in [-0.2, -0.15) is 0 Å². The van der Waals surface area contributed by atoms with Crippen molar-refractivity contribution in [3.63, 3.8) is 0 Å². The Kier molecular flexibility index (Phi) is 32.8. The smallest absolute Gasteiger partial charge is 0.326 e. The maximum atomic E-state index is 12.6. The number of hydrogen-bond acceptors (Lipinski definition) is 5. The Bertz CT molecular complexity index is 979. The molecule has 2 atom stereocenters. The number of carbonyl (C=O) groups excluding carboxylic acids is 2. The fourth-order valence-electron chi connectivity index (χ4n) is 4.95. The van der Waals surface area contributed by atoms with Crippen LogP contribution in [0, 0.1) is 0 Å². The van der Waals surface area contributed by atoms with E-state index in [0.29, 0.717) is 38.6 Å². The van der Waals surface area contributed by atoms with Crippen LogP contribution in [0.2, 0.25) is 0 Å². The third-order valence-electron chi connectivity index (χ3n) is 7.73. The van der Waals surface area contributed by atoms with Crippen LogP contribution >= 0.6 is 0 Å². The number of carboxylic acids is 1. The van der Waals surface area contributed by atoms with E-state index >= 15 is 0 Å². The average molecular weight is 669 g/mol. The third kappa shape index (κ3) is 31.4. The second-order valence-electron chi connectivity index (χ2n) is 12.2. The topological polar surface area (TPSA) is 119 Å². The lowest BCUT2D eigenvalue weighted by atomic mass is 10.1. The fourth-order valence-corrected chi connectivity index (χ4v) is 4.95. The van der Waals surface area contributed by atoms with Crippen molar-refractivity contribution in [3.8, 4) is 0 Å². The molecule has 0 spiro atoms. The van der Waals surface area contributed by atoms with Gasteiger partial charge in [-0.05, 0) is 102 Å². The number of esters is 1. The van der Waals surface area contributed by atoms with Crippen LogP contribution in [0.15, 0.2) is 72.9 Å². The molecule has 0 radical (unpaired) electrons. The minimum atomic E-state index is -1.02. The third-order valence-corrected chi connectivity index (χ3v) is 7.73. The standard InChI is InChI=1S/C41H68N2O5/c1-3-5-7-9-10-11-12-13-14-15-16-17-18-19-20-25-29-35-40(45)48-37(31-26-22-8-6-4-2)32-27-23-21-24-28-34-39(44)43-38(41(46)47)33-30-36-42/h5-8,10-11,13-14,26-27,31-32,37-38H,3-4,9,12,15-25,28-30,33-36,42H2,1-2H3,(H,43,44)(H,46,47)/b7-5-,8-6-,11-10-,14-13-,31-26-,32-27-. The van der Waals surface area contributed by atoms with E-state index in [1.807, 2.05) is 24.3 Å². The number of carbonyl (C=O) groups is 3. The van der Waals surface area contributed by atoms with Crippen molar-refractivity contribution in [3.05, 3.63) is 72.9 Å². The monoisotopic (exact) mass is 669 g/mol. The summed E-state index contributed by atoms with van der Waals surface area (Å²) in [6.45, 7) is 4.65. The lowest BCUT2D eigenvalue weighted by Gasteiger charge is -2.13. The lowest BCUT2D eigenvalue weighted by Crippen LogP contribution is -2.40. The molecular formula is C41H68N2O5. The average Bonchev–Trinajstić information content (AvgIpc) is 3.07. The second-order valence-corrected chi connectivity index (χ2v) is 12.2. The Labute approximate surface area is 292 Å². The van der Waals surface area contributed by atoms with Gasteiger partial charge in [-0.25, -0.2) is 4.79 Å². The SMILES string of the molecule is CC/C=C\C/C=C\C/C=C\CCCCCCCCCC(=O)OC(/C=C\C/C=C\CC)/C=C\CCCCCC(=O)NC(CCCN)C(=O)O. The van der Waals surface area contributed by atoms with Gasteiger partial charge in [0.15, 0.2) is 0 Å². The van der Waals surface area contributed by atoms with Crippen LogP contribution in [0.1, 0.15) is 149 Å². The number of ether oxygens (including phenoxy) is 1. The molecule has 7 heteroatoms. The molecule has 0 aliphatic heterocycles. The van der Waals surface area contributed by atoms with Gasteiger partial charge < -0.3 is 20.9 Å². The Morgan fingerprint density at radius 3 is 1.75 bits per heavy atom. The van der Waals surface area contributed by atoms with Gasteiger partial charge in [-0.1, -0.05) is 113 Å². The van der Waals surface area contributed by atoms with Gasteiger partial charge in [0.2, 0.25) is 5.91 Å². The summed E-state index contributed by atoms with van der Waals surface area (Å²) in [5.74, 6) is -1.42. The number of carboxylic acid groups (broad SMARTS) is 1. The minimum absolute atomic E-state index is 0.158. The largest absolute Gasteiger partial charge is 0.480 e. The molecule has 0 aliphatic carbocycles. The number of amides is 1. The highest BCUT2D eigenvalue weighted by Gasteiger charge is 2.18. The minimum Gasteiger partial charge on any atom is -0.480 e. The zero-order valence-corrected chi connectivity index (χ0v) is 30.3. The van der Waals surface area contributed by atoms with E-state index in [-0.39, 0.29) is 18.0 Å². The zero-order chi connectivity index (χ0) is 35.3. The summed E-state index contributed by atoms with van der Waals surface area (Å²) >= 11 is 0. The molecule has 0 bridgehead atoms. The summed E-state index contributed by atoms with van der Waals surface area (Å²) in [6, 6.07) is -0.877. The maximum Gasteiger partial charge on any atom is 0.326 e. The molecule has 4 N–H and O–H groups in total. The lowest BCUT2D eigenvalue weighted by molar-refractivity contribution is -0.145. The van der Waals surface area contributed by atoms with Crippen LogP contribution in [-0.4, -0.2) is 41.6 Å². The van der Waals surface area contributed by atoms with Crippen molar-refractivity contribution < 1.29 is 24.2 Å². The van der Waals surface area contributed by atoms with Crippen LogP contribution < -0.4 is 11.1 Å². The summed E-state index contributed by atoms with van der Waals surface area (Å²) in [5.41, 5.74) is 5.45. The number of rotatable bonds is 32. The van der Waals surface area contributed by atoms with Gasteiger partial charge in [0.05, 0.1) is 0 Å². The Hall–Kier alpha value is -3.19. The van der Waals surface area contributed by atoms with Crippen molar-refractivity contribution in [1.29, 1.82) is 0 Å². The molecule has 0 aromatic carbocycles. The first-order valence-electron chi connectivity index (χ1n) is 18.8. The van der Waals surface area contributed by atoms with E-state index in [0.717, 1.165) is 77.0 Å². The van der Waals surface area contributed by atoms with Gasteiger partial charge in [0, 0.05) is 12.8 Å². The molecule has 7 nitrogen and oxygen atoms in total. The van der Waals surface area contributed by atoms with Gasteiger partial charge in [-0.15, -0.1) is 0 Å². The first kappa shape index (κ1) is 44.8. The molecule has 1 amide bonds. The van der Waals surface area contributed by atoms with Crippen LogP contribution in [-0.2, 0) is 19.1 Å². The molecular weight excluding hydrogens is 600 g/mol. The van der Waals surface area contributed by atoms with Crippen LogP contribution in [0.25, 0.3) is 0 Å². The van der Waals surface area contributed by atoms with E-state index in [9.17, 15) is 19.5 Å². The molecule has 0 heterocycles. The van der Waals surface area contributed by atoms with Crippen LogP contribution in [0.3, 0.4) is 0 Å². The summed E-state index contributed by atoms with van der Waals surface area (Å²) in [6.07, 6.45) is 44.3. The molecule has 272 valence electrons. The van der Waals surface area contributed by atoms with E-state index < -0.39 is 12.0 Å². The number of hydrogen-bond donors (Lipinski definition) is 3. The fraction of sp³-hybridized carbons (Fsp3) is 0.634. The van der Waals surface area contributed by atoms with E-state index in [1.54, 1.807) is 0 Å². The Balaban J connectivity index is 4.23.